The third kappa shape index (κ3) is 3.05. The van der Waals surface area contributed by atoms with Crippen LogP contribution in [0.5, 0.6) is 0 Å². The topological polar surface area (TPSA) is 114 Å². The van der Waals surface area contributed by atoms with Crippen molar-refractivity contribution in [2.24, 2.45) is 5.73 Å². The molecule has 126 valence electrons. The molecule has 0 spiro atoms. The summed E-state index contributed by atoms with van der Waals surface area (Å²) in [5.41, 5.74) is 7.03. The van der Waals surface area contributed by atoms with E-state index in [0.717, 1.165) is 29.7 Å². The molecule has 8 heteroatoms. The molecule has 0 fully saturated rings. The summed E-state index contributed by atoms with van der Waals surface area (Å²) in [5, 5.41) is 3.09. The molecule has 1 aliphatic rings. The second kappa shape index (κ2) is 6.48. The number of H-pyrrole nitrogens is 1. The molecule has 0 saturated heterocycles. The standard InChI is InChI=1S/C16H17N3O4S/c1-8(23-16(22)10-5-3-7-18-10)14(21)19-15-12(13(17)20)9-4-2-6-11(9)24-15/h3,5,7-8,18H,2,4,6H2,1H3,(H2,17,20)(H,19,21)/t8-/m0/s1. The number of aromatic nitrogens is 1. The molecular weight excluding hydrogens is 330 g/mol. The summed E-state index contributed by atoms with van der Waals surface area (Å²) in [6, 6.07) is 3.22. The maximum atomic E-state index is 12.3. The van der Waals surface area contributed by atoms with Crippen molar-refractivity contribution < 1.29 is 19.1 Å². The van der Waals surface area contributed by atoms with E-state index < -0.39 is 23.9 Å². The number of aromatic amines is 1. The highest BCUT2D eigenvalue weighted by Crippen LogP contribution is 2.38. The lowest BCUT2D eigenvalue weighted by Gasteiger charge is -2.13. The number of hydrogen-bond donors (Lipinski definition) is 3. The molecule has 0 radical (unpaired) electrons. The van der Waals surface area contributed by atoms with Crippen molar-refractivity contribution in [2.75, 3.05) is 5.32 Å². The van der Waals surface area contributed by atoms with Crippen molar-refractivity contribution in [2.45, 2.75) is 32.3 Å². The Labute approximate surface area is 142 Å². The van der Waals surface area contributed by atoms with Gasteiger partial charge in [0.25, 0.3) is 11.8 Å². The molecule has 0 aliphatic heterocycles. The second-order valence-electron chi connectivity index (χ2n) is 5.55. The van der Waals surface area contributed by atoms with Crippen molar-refractivity contribution in [3.63, 3.8) is 0 Å². The van der Waals surface area contributed by atoms with E-state index in [2.05, 4.69) is 10.3 Å². The number of thiophene rings is 1. The van der Waals surface area contributed by atoms with Gasteiger partial charge in [0.2, 0.25) is 0 Å². The van der Waals surface area contributed by atoms with Gasteiger partial charge in [-0.05, 0) is 43.9 Å². The fraction of sp³-hybridized carbons (Fsp3) is 0.312. The van der Waals surface area contributed by atoms with Crippen LogP contribution in [0, 0.1) is 0 Å². The molecule has 4 N–H and O–H groups in total. The Morgan fingerprint density at radius 1 is 1.38 bits per heavy atom. The van der Waals surface area contributed by atoms with E-state index >= 15 is 0 Å². The third-order valence-electron chi connectivity index (χ3n) is 3.88. The third-order valence-corrected chi connectivity index (χ3v) is 5.08. The van der Waals surface area contributed by atoms with E-state index in [1.54, 1.807) is 18.3 Å². The molecule has 7 nitrogen and oxygen atoms in total. The number of amides is 2. The van der Waals surface area contributed by atoms with Gasteiger partial charge in [-0.15, -0.1) is 11.3 Å². The van der Waals surface area contributed by atoms with E-state index in [1.807, 2.05) is 0 Å². The summed E-state index contributed by atoms with van der Waals surface area (Å²) in [6.07, 6.45) is 3.25. The highest BCUT2D eigenvalue weighted by atomic mass is 32.1. The van der Waals surface area contributed by atoms with E-state index in [9.17, 15) is 14.4 Å². The van der Waals surface area contributed by atoms with Gasteiger partial charge < -0.3 is 20.8 Å². The zero-order valence-corrected chi connectivity index (χ0v) is 13.9. The van der Waals surface area contributed by atoms with Gasteiger partial charge in [-0.1, -0.05) is 0 Å². The van der Waals surface area contributed by atoms with Crippen LogP contribution in [0.2, 0.25) is 0 Å². The first kappa shape index (κ1) is 16.3. The van der Waals surface area contributed by atoms with Crippen LogP contribution in [0.4, 0.5) is 5.00 Å². The fourth-order valence-electron chi connectivity index (χ4n) is 2.70. The van der Waals surface area contributed by atoms with Crippen LogP contribution in [0.3, 0.4) is 0 Å². The Hall–Kier alpha value is -2.61. The van der Waals surface area contributed by atoms with Crippen molar-refractivity contribution >= 4 is 34.1 Å². The number of ether oxygens (including phenoxy) is 1. The average Bonchev–Trinajstić information content (AvgIpc) is 3.22. The SMILES string of the molecule is C[C@H](OC(=O)c1ccc[nH]1)C(=O)Nc1sc2c(c1C(N)=O)CCC2. The molecule has 1 aliphatic carbocycles. The molecule has 1 atom stereocenters. The van der Waals surface area contributed by atoms with E-state index in [-0.39, 0.29) is 5.69 Å². The molecule has 0 unspecified atom stereocenters. The highest BCUT2D eigenvalue weighted by Gasteiger charge is 2.28. The van der Waals surface area contributed by atoms with Gasteiger partial charge in [0.15, 0.2) is 6.10 Å². The lowest BCUT2D eigenvalue weighted by Crippen LogP contribution is -2.30. The number of carbonyl (C=O) groups is 3. The van der Waals surface area contributed by atoms with E-state index in [1.165, 1.54) is 18.3 Å². The number of nitrogens with one attached hydrogen (secondary N) is 2. The second-order valence-corrected chi connectivity index (χ2v) is 6.65. The molecule has 24 heavy (non-hydrogen) atoms. The minimum absolute atomic E-state index is 0.266. The Bertz CT molecular complexity index is 795. The van der Waals surface area contributed by atoms with Crippen LogP contribution in [0.15, 0.2) is 18.3 Å². The summed E-state index contributed by atoms with van der Waals surface area (Å²) in [6.45, 7) is 1.47. The van der Waals surface area contributed by atoms with Crippen LogP contribution in [-0.4, -0.2) is 28.9 Å². The van der Waals surface area contributed by atoms with Gasteiger partial charge in [0.1, 0.15) is 10.7 Å². The van der Waals surface area contributed by atoms with Crippen LogP contribution in [0.1, 0.15) is 44.6 Å². The lowest BCUT2D eigenvalue weighted by atomic mass is 10.1. The average molecular weight is 347 g/mol. The number of nitrogens with two attached hydrogens (primary N) is 1. The summed E-state index contributed by atoms with van der Waals surface area (Å²) in [4.78, 5) is 39.6. The minimum Gasteiger partial charge on any atom is -0.448 e. The number of esters is 1. The Balaban J connectivity index is 1.71. The number of carbonyl (C=O) groups excluding carboxylic acids is 3. The number of aryl methyl sites for hydroxylation is 1. The van der Waals surface area contributed by atoms with Crippen LogP contribution < -0.4 is 11.1 Å². The first-order valence-corrected chi connectivity index (χ1v) is 8.38. The smallest absolute Gasteiger partial charge is 0.355 e. The number of rotatable bonds is 5. The molecule has 2 amide bonds. The van der Waals surface area contributed by atoms with Gasteiger partial charge in [-0.25, -0.2) is 4.79 Å². The molecule has 0 aromatic carbocycles. The van der Waals surface area contributed by atoms with Crippen LogP contribution in [-0.2, 0) is 22.4 Å². The quantitative estimate of drug-likeness (QED) is 0.716. The molecule has 0 saturated carbocycles. The van der Waals surface area contributed by atoms with Crippen molar-refractivity contribution in [1.82, 2.24) is 4.98 Å². The Kier molecular flexibility index (Phi) is 4.39. The van der Waals surface area contributed by atoms with Gasteiger partial charge >= 0.3 is 5.97 Å². The fourth-order valence-corrected chi connectivity index (χ4v) is 4.00. The predicted octanol–water partition coefficient (Wildman–Crippen LogP) is 1.85. The van der Waals surface area contributed by atoms with Crippen molar-refractivity contribution in [1.29, 1.82) is 0 Å². The van der Waals surface area contributed by atoms with Gasteiger partial charge in [0.05, 0.1) is 5.56 Å². The number of fused-ring (bicyclic) bond motifs is 1. The van der Waals surface area contributed by atoms with Crippen molar-refractivity contribution in [3.8, 4) is 0 Å². The van der Waals surface area contributed by atoms with Gasteiger partial charge in [0, 0.05) is 11.1 Å². The first-order valence-electron chi connectivity index (χ1n) is 7.57. The molecule has 2 aromatic rings. The summed E-state index contributed by atoms with van der Waals surface area (Å²) >= 11 is 1.36. The maximum absolute atomic E-state index is 12.3. The number of primary amides is 1. The number of hydrogen-bond acceptors (Lipinski definition) is 5. The normalized spacial score (nSPS) is 14.0. The molecule has 3 rings (SSSR count). The Morgan fingerprint density at radius 3 is 2.83 bits per heavy atom. The number of anilines is 1. The summed E-state index contributed by atoms with van der Waals surface area (Å²) in [5.74, 6) is -1.68. The van der Waals surface area contributed by atoms with Gasteiger partial charge in [-0.3, -0.25) is 9.59 Å². The molecule has 2 aromatic heterocycles. The van der Waals surface area contributed by atoms with E-state index in [0.29, 0.717) is 10.6 Å². The van der Waals surface area contributed by atoms with Crippen LogP contribution >= 0.6 is 11.3 Å². The molecule has 0 bridgehead atoms. The molecule has 2 heterocycles. The zero-order valence-electron chi connectivity index (χ0n) is 13.0. The highest BCUT2D eigenvalue weighted by molar-refractivity contribution is 7.17. The van der Waals surface area contributed by atoms with Gasteiger partial charge in [-0.2, -0.15) is 0 Å². The zero-order chi connectivity index (χ0) is 17.3. The Morgan fingerprint density at radius 2 is 2.17 bits per heavy atom. The minimum atomic E-state index is -1.00. The predicted molar refractivity (Wildman–Crippen MR) is 89.2 cm³/mol. The van der Waals surface area contributed by atoms with E-state index in [4.69, 9.17) is 10.5 Å². The summed E-state index contributed by atoms with van der Waals surface area (Å²) in [7, 11) is 0. The monoisotopic (exact) mass is 347 g/mol. The largest absolute Gasteiger partial charge is 0.448 e. The first-order chi connectivity index (χ1) is 11.5. The van der Waals surface area contributed by atoms with Crippen LogP contribution in [0.25, 0.3) is 0 Å². The molecular formula is C16H17N3O4S. The van der Waals surface area contributed by atoms with Crippen molar-refractivity contribution in [3.05, 3.63) is 40.0 Å². The maximum Gasteiger partial charge on any atom is 0.355 e. The summed E-state index contributed by atoms with van der Waals surface area (Å²) < 4.78 is 5.11. The lowest BCUT2D eigenvalue weighted by molar-refractivity contribution is -0.123.